The van der Waals surface area contributed by atoms with E-state index < -0.39 is 24.9 Å². The van der Waals surface area contributed by atoms with Crippen LogP contribution in [0.3, 0.4) is 0 Å². The van der Waals surface area contributed by atoms with E-state index in [4.69, 9.17) is 28.3 Å². The van der Waals surface area contributed by atoms with Crippen molar-refractivity contribution in [2.45, 2.75) is 18.3 Å². The van der Waals surface area contributed by atoms with Crippen molar-refractivity contribution in [3.63, 3.8) is 0 Å². The second kappa shape index (κ2) is 5.62. The Morgan fingerprint density at radius 2 is 1.79 bits per heavy atom. The van der Waals surface area contributed by atoms with Gasteiger partial charge in [-0.3, -0.25) is 0 Å². The summed E-state index contributed by atoms with van der Waals surface area (Å²) in [6.45, 7) is -0.671. The fourth-order valence-corrected chi connectivity index (χ4v) is 1.97. The second-order valence-corrected chi connectivity index (χ2v) is 4.91. The number of aliphatic hydroxyl groups is 4. The number of aromatic amines is 1. The summed E-state index contributed by atoms with van der Waals surface area (Å²) in [7, 11) is 0. The molecule has 2 aromatic rings. The van der Waals surface area contributed by atoms with Gasteiger partial charge in [0.25, 0.3) is 0 Å². The molecule has 0 unspecified atom stereocenters. The Morgan fingerprint density at radius 3 is 2.42 bits per heavy atom. The highest BCUT2D eigenvalue weighted by molar-refractivity contribution is 6.42. The average Bonchev–Trinajstić information content (AvgIpc) is 2.79. The molecule has 0 spiro atoms. The van der Waals surface area contributed by atoms with Gasteiger partial charge in [0.05, 0.1) is 27.7 Å². The molecule has 5 N–H and O–H groups in total. The van der Waals surface area contributed by atoms with Crippen LogP contribution < -0.4 is 0 Å². The first kappa shape index (κ1) is 14.5. The van der Waals surface area contributed by atoms with Gasteiger partial charge in [-0.05, 0) is 12.1 Å². The predicted molar refractivity (Wildman–Crippen MR) is 70.2 cm³/mol. The molecule has 1 aromatic carbocycles. The van der Waals surface area contributed by atoms with Gasteiger partial charge in [0.1, 0.15) is 24.1 Å². The number of hydrogen-bond donors (Lipinski definition) is 5. The van der Waals surface area contributed by atoms with Gasteiger partial charge in [-0.2, -0.15) is 0 Å². The highest BCUT2D eigenvalue weighted by Gasteiger charge is 2.27. The van der Waals surface area contributed by atoms with Gasteiger partial charge in [0, 0.05) is 0 Å². The van der Waals surface area contributed by atoms with Crippen LogP contribution in [0.5, 0.6) is 0 Å². The van der Waals surface area contributed by atoms with Crippen LogP contribution in [0.2, 0.25) is 10.0 Å². The molecule has 0 saturated carbocycles. The molecule has 0 saturated heterocycles. The molecule has 104 valence electrons. The molecule has 0 aliphatic heterocycles. The Hall–Kier alpha value is -0.890. The van der Waals surface area contributed by atoms with Crippen LogP contribution in [0, 0.1) is 0 Å². The third-order valence-electron chi connectivity index (χ3n) is 2.73. The normalized spacial score (nSPS) is 16.5. The van der Waals surface area contributed by atoms with Crippen molar-refractivity contribution in [1.82, 2.24) is 9.97 Å². The molecule has 0 aliphatic rings. The molecule has 6 nitrogen and oxygen atoms in total. The van der Waals surface area contributed by atoms with E-state index in [1.54, 1.807) is 0 Å². The van der Waals surface area contributed by atoms with E-state index in [-0.39, 0.29) is 5.82 Å². The monoisotopic (exact) mass is 306 g/mol. The molecular weight excluding hydrogens is 295 g/mol. The first-order valence-electron chi connectivity index (χ1n) is 5.43. The van der Waals surface area contributed by atoms with E-state index >= 15 is 0 Å². The highest BCUT2D eigenvalue weighted by atomic mass is 35.5. The highest BCUT2D eigenvalue weighted by Crippen LogP contribution is 2.28. The first-order chi connectivity index (χ1) is 8.93. The quantitative estimate of drug-likeness (QED) is 0.569. The molecule has 1 heterocycles. The lowest BCUT2D eigenvalue weighted by Crippen LogP contribution is -2.35. The van der Waals surface area contributed by atoms with Crippen LogP contribution in [0.4, 0.5) is 0 Å². The van der Waals surface area contributed by atoms with E-state index in [9.17, 15) is 15.3 Å². The maximum Gasteiger partial charge on any atom is 0.140 e. The number of hydrogen-bond acceptors (Lipinski definition) is 5. The number of fused-ring (bicyclic) bond motifs is 1. The third-order valence-corrected chi connectivity index (χ3v) is 3.45. The number of aliphatic hydroxyl groups excluding tert-OH is 4. The summed E-state index contributed by atoms with van der Waals surface area (Å²) in [5, 5.41) is 38.1. The molecule has 0 radical (unpaired) electrons. The van der Waals surface area contributed by atoms with Crippen molar-refractivity contribution in [1.29, 1.82) is 0 Å². The van der Waals surface area contributed by atoms with E-state index in [0.29, 0.717) is 21.1 Å². The number of nitrogens with zero attached hydrogens (tertiary/aromatic N) is 1. The molecule has 0 aliphatic carbocycles. The standard InChI is InChI=1S/C11H12Cl2N2O4/c12-4-1-6-7(2-5(4)13)15-11(14-6)10(19)9(18)8(17)3-16/h1-2,8-10,16-19H,3H2,(H,14,15)/t8-,9-,10+/m1/s1. The Balaban J connectivity index is 2.35. The van der Waals surface area contributed by atoms with Crippen LogP contribution in [-0.4, -0.2) is 49.2 Å². The summed E-state index contributed by atoms with van der Waals surface area (Å²) >= 11 is 11.7. The van der Waals surface area contributed by atoms with E-state index in [0.717, 1.165) is 0 Å². The van der Waals surface area contributed by atoms with Gasteiger partial charge in [-0.25, -0.2) is 4.98 Å². The van der Waals surface area contributed by atoms with Crippen molar-refractivity contribution in [2.75, 3.05) is 6.61 Å². The molecule has 2 rings (SSSR count). The Kier molecular flexibility index (Phi) is 4.29. The van der Waals surface area contributed by atoms with Crippen molar-refractivity contribution in [3.8, 4) is 0 Å². The molecule has 1 aromatic heterocycles. The van der Waals surface area contributed by atoms with Crippen molar-refractivity contribution in [3.05, 3.63) is 28.0 Å². The summed E-state index contributed by atoms with van der Waals surface area (Å²) < 4.78 is 0. The summed E-state index contributed by atoms with van der Waals surface area (Å²) in [5.74, 6) is 0.0494. The van der Waals surface area contributed by atoms with Gasteiger partial charge in [0.2, 0.25) is 0 Å². The molecule has 8 heteroatoms. The van der Waals surface area contributed by atoms with Crippen molar-refractivity contribution >= 4 is 34.2 Å². The molecule has 3 atom stereocenters. The minimum absolute atomic E-state index is 0.0494. The number of benzene rings is 1. The number of aromatic nitrogens is 2. The molecule has 19 heavy (non-hydrogen) atoms. The van der Waals surface area contributed by atoms with Gasteiger partial charge < -0.3 is 25.4 Å². The van der Waals surface area contributed by atoms with E-state index in [1.807, 2.05) is 0 Å². The van der Waals surface area contributed by atoms with Gasteiger partial charge in [-0.1, -0.05) is 23.2 Å². The maximum atomic E-state index is 9.85. The zero-order valence-corrected chi connectivity index (χ0v) is 11.1. The van der Waals surface area contributed by atoms with Gasteiger partial charge >= 0.3 is 0 Å². The molecule has 0 bridgehead atoms. The van der Waals surface area contributed by atoms with Crippen molar-refractivity contribution < 1.29 is 20.4 Å². The van der Waals surface area contributed by atoms with Crippen LogP contribution in [0.25, 0.3) is 11.0 Å². The predicted octanol–water partition coefficient (Wildman–Crippen LogP) is 0.617. The van der Waals surface area contributed by atoms with Crippen LogP contribution in [0.1, 0.15) is 11.9 Å². The Morgan fingerprint density at radius 1 is 1.16 bits per heavy atom. The summed E-state index contributed by atoms with van der Waals surface area (Å²) in [4.78, 5) is 6.82. The van der Waals surface area contributed by atoms with Crippen LogP contribution in [0.15, 0.2) is 12.1 Å². The van der Waals surface area contributed by atoms with E-state index in [1.165, 1.54) is 12.1 Å². The summed E-state index contributed by atoms with van der Waals surface area (Å²) in [5.41, 5.74) is 1.00. The number of nitrogens with one attached hydrogen (secondary N) is 1. The zero-order chi connectivity index (χ0) is 14.2. The number of rotatable bonds is 4. The lowest BCUT2D eigenvalue weighted by atomic mass is 10.1. The minimum atomic E-state index is -1.56. The van der Waals surface area contributed by atoms with Crippen LogP contribution >= 0.6 is 23.2 Å². The fraction of sp³-hybridized carbons (Fsp3) is 0.364. The van der Waals surface area contributed by atoms with Gasteiger partial charge in [-0.15, -0.1) is 0 Å². The van der Waals surface area contributed by atoms with Crippen molar-refractivity contribution in [2.24, 2.45) is 0 Å². The third kappa shape index (κ3) is 2.84. The second-order valence-electron chi connectivity index (χ2n) is 4.09. The lowest BCUT2D eigenvalue weighted by molar-refractivity contribution is -0.0800. The Bertz CT molecular complexity index is 550. The van der Waals surface area contributed by atoms with E-state index in [2.05, 4.69) is 9.97 Å². The summed E-state index contributed by atoms with van der Waals surface area (Å²) in [6, 6.07) is 3.05. The van der Waals surface area contributed by atoms with Crippen LogP contribution in [-0.2, 0) is 0 Å². The largest absolute Gasteiger partial charge is 0.394 e. The number of halogens is 2. The summed E-state index contributed by atoms with van der Waals surface area (Å²) in [6.07, 6.45) is -4.49. The number of H-pyrrole nitrogens is 1. The maximum absolute atomic E-state index is 9.85. The first-order valence-corrected chi connectivity index (χ1v) is 6.19. The topological polar surface area (TPSA) is 110 Å². The molecular formula is C11H12Cl2N2O4. The lowest BCUT2D eigenvalue weighted by Gasteiger charge is -2.19. The average molecular weight is 307 g/mol. The SMILES string of the molecule is OC[C@@H](O)[C@@H](O)[C@H](O)c1nc2cc(Cl)c(Cl)cc2[nH]1. The zero-order valence-electron chi connectivity index (χ0n) is 9.59. The smallest absolute Gasteiger partial charge is 0.140 e. The molecule has 0 fully saturated rings. The number of imidazole rings is 1. The Labute approximate surface area is 118 Å². The fourth-order valence-electron chi connectivity index (χ4n) is 1.64. The molecule has 0 amide bonds. The minimum Gasteiger partial charge on any atom is -0.394 e. The van der Waals surface area contributed by atoms with Gasteiger partial charge in [0.15, 0.2) is 0 Å².